The lowest BCUT2D eigenvalue weighted by Gasteiger charge is -2.41. The van der Waals surface area contributed by atoms with Gasteiger partial charge < -0.3 is 39.9 Å². The van der Waals surface area contributed by atoms with Gasteiger partial charge in [-0.25, -0.2) is 4.57 Å². The maximum atomic E-state index is 12.8. The van der Waals surface area contributed by atoms with Crippen molar-refractivity contribution in [2.75, 3.05) is 13.2 Å². The molecule has 0 aliphatic heterocycles. The van der Waals surface area contributed by atoms with Gasteiger partial charge in [0.15, 0.2) is 6.10 Å². The lowest BCUT2D eigenvalue weighted by atomic mass is 9.85. The van der Waals surface area contributed by atoms with E-state index in [-0.39, 0.29) is 12.8 Å². The minimum atomic E-state index is -5.13. The van der Waals surface area contributed by atoms with E-state index in [1.807, 2.05) is 18.2 Å². The molecule has 58 heavy (non-hydrogen) atoms. The normalized spacial score (nSPS) is 23.2. The highest BCUT2D eigenvalue weighted by atomic mass is 31.2. The number of ether oxygens (including phenoxy) is 2. The van der Waals surface area contributed by atoms with Crippen molar-refractivity contribution in [2.24, 2.45) is 0 Å². The monoisotopic (exact) mass is 840 g/mol. The lowest BCUT2D eigenvalue weighted by molar-refractivity contribution is -0.220. The van der Waals surface area contributed by atoms with Gasteiger partial charge in [0.25, 0.3) is 0 Å². The van der Waals surface area contributed by atoms with Gasteiger partial charge in [0, 0.05) is 12.8 Å². The van der Waals surface area contributed by atoms with Crippen molar-refractivity contribution >= 4 is 19.8 Å². The number of rotatable bonds is 33. The number of phosphoric ester groups is 1. The van der Waals surface area contributed by atoms with Crippen LogP contribution in [0.25, 0.3) is 0 Å². The minimum Gasteiger partial charge on any atom is -0.462 e. The summed E-state index contributed by atoms with van der Waals surface area (Å²) in [5.41, 5.74) is 0. The Morgan fingerprint density at radius 3 is 1.47 bits per heavy atom. The average molecular weight is 841 g/mol. The summed E-state index contributed by atoms with van der Waals surface area (Å²) in [6, 6.07) is 0. The van der Waals surface area contributed by atoms with Crippen LogP contribution in [0.3, 0.4) is 0 Å². The summed E-state index contributed by atoms with van der Waals surface area (Å²) in [6.45, 7) is 3.08. The van der Waals surface area contributed by atoms with Crippen LogP contribution >= 0.6 is 7.82 Å². The Hall–Kier alpha value is -2.71. The predicted molar refractivity (Wildman–Crippen MR) is 225 cm³/mol. The van der Waals surface area contributed by atoms with E-state index in [0.29, 0.717) is 19.3 Å². The van der Waals surface area contributed by atoms with E-state index in [9.17, 15) is 44.6 Å². The third-order valence-corrected chi connectivity index (χ3v) is 10.3. The highest BCUT2D eigenvalue weighted by Gasteiger charge is 2.51. The van der Waals surface area contributed by atoms with Gasteiger partial charge in [0.05, 0.1) is 6.61 Å². The van der Waals surface area contributed by atoms with Crippen LogP contribution in [-0.4, -0.2) is 98.3 Å². The van der Waals surface area contributed by atoms with Gasteiger partial charge in [-0.05, 0) is 51.4 Å². The summed E-state index contributed by atoms with van der Waals surface area (Å²) in [6.07, 6.45) is 28.4. The molecule has 0 aromatic rings. The Bertz CT molecular complexity index is 1290. The Morgan fingerprint density at radius 2 is 0.983 bits per heavy atom. The molecule has 0 heterocycles. The van der Waals surface area contributed by atoms with E-state index in [0.717, 1.165) is 51.4 Å². The first-order valence-corrected chi connectivity index (χ1v) is 22.7. The number of allylic oxidation sites excluding steroid dienone is 12. The van der Waals surface area contributed by atoms with E-state index in [2.05, 4.69) is 68.5 Å². The molecule has 8 atom stereocenters. The number of aliphatic hydroxyl groups excluding tert-OH is 5. The molecule has 0 bridgehead atoms. The second-order valence-corrected chi connectivity index (χ2v) is 15.9. The molecule has 1 rings (SSSR count). The molecule has 0 radical (unpaired) electrons. The van der Waals surface area contributed by atoms with E-state index in [4.69, 9.17) is 18.5 Å². The Morgan fingerprint density at radius 1 is 0.552 bits per heavy atom. The molecule has 1 aliphatic carbocycles. The number of hydrogen-bond acceptors (Lipinski definition) is 12. The molecule has 0 aromatic carbocycles. The van der Waals surface area contributed by atoms with E-state index in [1.165, 1.54) is 38.5 Å². The van der Waals surface area contributed by atoms with Gasteiger partial charge in [0.1, 0.15) is 43.2 Å². The van der Waals surface area contributed by atoms with Crippen molar-refractivity contribution in [1.82, 2.24) is 0 Å². The second kappa shape index (κ2) is 34.0. The molecule has 0 aromatic heterocycles. The van der Waals surface area contributed by atoms with Crippen LogP contribution in [0.5, 0.6) is 0 Å². The Balaban J connectivity index is 2.56. The smallest absolute Gasteiger partial charge is 0.462 e. The second-order valence-electron chi connectivity index (χ2n) is 14.5. The first kappa shape index (κ1) is 53.3. The zero-order valence-electron chi connectivity index (χ0n) is 34.8. The number of unbranched alkanes of at least 4 members (excludes halogenated alkanes) is 9. The number of esters is 2. The van der Waals surface area contributed by atoms with Crippen molar-refractivity contribution in [3.05, 3.63) is 72.9 Å². The zero-order chi connectivity index (χ0) is 42.9. The Kier molecular flexibility index (Phi) is 31.3. The van der Waals surface area contributed by atoms with Crippen LogP contribution in [0, 0.1) is 0 Å². The molecule has 14 heteroatoms. The van der Waals surface area contributed by atoms with Crippen LogP contribution in [0.15, 0.2) is 72.9 Å². The molecule has 0 saturated heterocycles. The van der Waals surface area contributed by atoms with E-state index < -0.39 is 75.7 Å². The molecule has 1 fully saturated rings. The van der Waals surface area contributed by atoms with Crippen LogP contribution in [0.4, 0.5) is 0 Å². The molecular weight excluding hydrogens is 767 g/mol. The summed E-state index contributed by atoms with van der Waals surface area (Å²) in [5.74, 6) is -1.21. The molecule has 332 valence electrons. The number of phosphoric acid groups is 1. The first-order chi connectivity index (χ1) is 27.9. The fourth-order valence-corrected chi connectivity index (χ4v) is 6.87. The molecule has 6 N–H and O–H groups in total. The van der Waals surface area contributed by atoms with Crippen molar-refractivity contribution in [3.8, 4) is 0 Å². The number of hydrogen-bond donors (Lipinski definition) is 6. The molecule has 13 nitrogen and oxygen atoms in total. The number of carbonyl (C=O) groups excluding carboxylic acids is 2. The third kappa shape index (κ3) is 26.4. The molecule has 1 saturated carbocycles. The highest BCUT2D eigenvalue weighted by molar-refractivity contribution is 7.47. The molecule has 1 aliphatic rings. The molecule has 0 amide bonds. The maximum absolute atomic E-state index is 12.8. The summed E-state index contributed by atoms with van der Waals surface area (Å²) >= 11 is 0. The largest absolute Gasteiger partial charge is 0.472 e. The molecule has 0 spiro atoms. The SMILES string of the molecule is CC/C=C\C/C=C\C/C=C\C/C=C\C/C=C\C/C=C\CCC(=O)O[C@H](COC(=O)CCCCCCCCCCCC)COP(=O)(O)OC1C(O)C(O)C(O)[C@@H](O)C1O. The number of carbonyl (C=O) groups is 2. The maximum Gasteiger partial charge on any atom is 0.472 e. The van der Waals surface area contributed by atoms with Crippen molar-refractivity contribution in [1.29, 1.82) is 0 Å². The minimum absolute atomic E-state index is 0.0307. The van der Waals surface area contributed by atoms with Crippen molar-refractivity contribution in [3.63, 3.8) is 0 Å². The van der Waals surface area contributed by atoms with Crippen LogP contribution in [-0.2, 0) is 32.7 Å². The molecule has 6 unspecified atom stereocenters. The van der Waals surface area contributed by atoms with Crippen LogP contribution in [0.1, 0.15) is 136 Å². The summed E-state index contributed by atoms with van der Waals surface area (Å²) < 4.78 is 33.3. The van der Waals surface area contributed by atoms with E-state index >= 15 is 0 Å². The quantitative estimate of drug-likeness (QED) is 0.0163. The fraction of sp³-hybridized carbons (Fsp3) is 0.682. The zero-order valence-corrected chi connectivity index (χ0v) is 35.7. The van der Waals surface area contributed by atoms with Gasteiger partial charge in [-0.15, -0.1) is 0 Å². The van der Waals surface area contributed by atoms with Crippen LogP contribution < -0.4 is 0 Å². The first-order valence-electron chi connectivity index (χ1n) is 21.2. The summed E-state index contributed by atoms with van der Waals surface area (Å²) in [4.78, 5) is 35.5. The highest BCUT2D eigenvalue weighted by Crippen LogP contribution is 2.47. The summed E-state index contributed by atoms with van der Waals surface area (Å²) in [5, 5.41) is 50.0. The fourth-order valence-electron chi connectivity index (χ4n) is 5.90. The van der Waals surface area contributed by atoms with Crippen molar-refractivity contribution < 1.29 is 63.1 Å². The Labute approximate surface area is 346 Å². The van der Waals surface area contributed by atoms with E-state index in [1.54, 1.807) is 0 Å². The number of aliphatic hydroxyl groups is 5. The molecular formula is C44H73O13P. The third-order valence-electron chi connectivity index (χ3n) is 9.33. The van der Waals surface area contributed by atoms with Gasteiger partial charge in [-0.3, -0.25) is 18.6 Å². The average Bonchev–Trinajstić information content (AvgIpc) is 3.20. The van der Waals surface area contributed by atoms with Gasteiger partial charge in [-0.2, -0.15) is 0 Å². The predicted octanol–water partition coefficient (Wildman–Crippen LogP) is 7.55. The van der Waals surface area contributed by atoms with Crippen molar-refractivity contribution in [2.45, 2.75) is 179 Å². The van der Waals surface area contributed by atoms with Gasteiger partial charge in [0.2, 0.25) is 0 Å². The lowest BCUT2D eigenvalue weighted by Crippen LogP contribution is -2.64. The summed E-state index contributed by atoms with van der Waals surface area (Å²) in [7, 11) is -5.13. The standard InChI is InChI=1S/C44H73O13P/c1-3-5-7-9-11-13-15-16-17-18-19-20-21-22-23-25-27-29-31-33-38(46)56-36(34-54-37(45)32-30-28-26-24-14-12-10-8-6-4-2)35-55-58(52,53)57-44-42(50)40(48)39(47)41(49)43(44)51/h5,7,11,13,16-17,19-20,22-23,27,29,36,39-44,47-51H,3-4,6,8-10,12,14-15,18,21,24-26,28,30-35H2,1-2H3,(H,52,53)/b7-5-,13-11-,17-16-,20-19-,23-22-,29-27-/t36-,39?,40-,41?,42?,43?,44?/m1/s1. The van der Waals surface area contributed by atoms with Crippen LogP contribution in [0.2, 0.25) is 0 Å². The van der Waals surface area contributed by atoms with Gasteiger partial charge in [-0.1, -0.05) is 145 Å². The van der Waals surface area contributed by atoms with Gasteiger partial charge >= 0.3 is 19.8 Å². The topological polar surface area (TPSA) is 210 Å².